The van der Waals surface area contributed by atoms with Crippen LogP contribution in [0.1, 0.15) is 17.4 Å². The van der Waals surface area contributed by atoms with Crippen molar-refractivity contribution in [2.75, 3.05) is 11.5 Å². The third-order valence-corrected chi connectivity index (χ3v) is 6.43. The van der Waals surface area contributed by atoms with Crippen LogP contribution in [-0.4, -0.2) is 50.8 Å². The summed E-state index contributed by atoms with van der Waals surface area (Å²) in [6, 6.07) is 6.22. The molecule has 136 valence electrons. The van der Waals surface area contributed by atoms with Crippen LogP contribution in [0.3, 0.4) is 0 Å². The van der Waals surface area contributed by atoms with Gasteiger partial charge in [-0.1, -0.05) is 23.5 Å². The fourth-order valence-electron chi connectivity index (χ4n) is 3.14. The van der Waals surface area contributed by atoms with Gasteiger partial charge in [-0.25, -0.2) is 9.50 Å². The quantitative estimate of drug-likeness (QED) is 0.487. The monoisotopic (exact) mass is 396 g/mol. The van der Waals surface area contributed by atoms with E-state index < -0.39 is 0 Å². The highest BCUT2D eigenvalue weighted by atomic mass is 32.2. The lowest BCUT2D eigenvalue weighted by Gasteiger charge is -2.12. The van der Waals surface area contributed by atoms with E-state index in [1.807, 2.05) is 38.2 Å². The highest BCUT2D eigenvalue weighted by Gasteiger charge is 2.29. The molecule has 27 heavy (non-hydrogen) atoms. The number of fused-ring (bicyclic) bond motifs is 2. The summed E-state index contributed by atoms with van der Waals surface area (Å²) in [5, 5.41) is 15.0. The number of nitrogens with zero attached hydrogens (tertiary/aromatic N) is 8. The van der Waals surface area contributed by atoms with Gasteiger partial charge < -0.3 is 0 Å². The zero-order chi connectivity index (χ0) is 18.4. The predicted octanol–water partition coefficient (Wildman–Crippen LogP) is 2.83. The fraction of sp³-hybridized carbons (Fsp3) is 0.294. The Hall–Kier alpha value is -2.46. The van der Waals surface area contributed by atoms with E-state index in [0.717, 1.165) is 44.6 Å². The molecule has 0 spiro atoms. The zero-order valence-corrected chi connectivity index (χ0v) is 16.4. The average molecular weight is 397 g/mol. The molecule has 0 N–H and O–H groups in total. The third kappa shape index (κ3) is 2.98. The molecule has 0 radical (unpaired) electrons. The van der Waals surface area contributed by atoms with E-state index in [2.05, 4.69) is 34.8 Å². The Bertz CT molecular complexity index is 1120. The normalized spacial score (nSPS) is 16.1. The number of thioether (sulfide) groups is 2. The maximum atomic E-state index is 4.59. The van der Waals surface area contributed by atoms with E-state index in [9.17, 15) is 0 Å². The third-order valence-electron chi connectivity index (χ3n) is 4.36. The molecular weight excluding hydrogens is 380 g/mol. The Morgan fingerprint density at radius 1 is 1.26 bits per heavy atom. The van der Waals surface area contributed by atoms with Crippen molar-refractivity contribution >= 4 is 29.3 Å². The second kappa shape index (κ2) is 6.61. The summed E-state index contributed by atoms with van der Waals surface area (Å²) in [6.07, 6.45) is 3.59. The molecule has 0 unspecified atom stereocenters. The Morgan fingerprint density at radius 2 is 2.19 bits per heavy atom. The zero-order valence-electron chi connectivity index (χ0n) is 14.8. The molecule has 0 bridgehead atoms. The molecule has 0 aliphatic carbocycles. The lowest BCUT2D eigenvalue weighted by molar-refractivity contribution is 0.596. The smallest absolute Gasteiger partial charge is 0.253 e. The number of aryl methyl sites for hydroxylation is 2. The minimum Gasteiger partial charge on any atom is -0.297 e. The van der Waals surface area contributed by atoms with Gasteiger partial charge >= 0.3 is 0 Å². The summed E-state index contributed by atoms with van der Waals surface area (Å²) < 4.78 is 4.00. The fourth-order valence-corrected chi connectivity index (χ4v) is 5.27. The standard InChI is InChI=1S/C17H16N8S2/c1-10-6-11(2)25-15(19-10)20-16(23-25)26-8-13-9-27-17-22-21-14(24(13)17)12-4-3-5-18-7-12/h3-7,13H,8-9H2,1-2H3/t13-/m1/s1. The highest BCUT2D eigenvalue weighted by molar-refractivity contribution is 8.00. The van der Waals surface area contributed by atoms with E-state index in [4.69, 9.17) is 0 Å². The molecule has 0 fully saturated rings. The van der Waals surface area contributed by atoms with Gasteiger partial charge in [0.2, 0.25) is 5.16 Å². The van der Waals surface area contributed by atoms with Gasteiger partial charge in [-0.2, -0.15) is 4.98 Å². The van der Waals surface area contributed by atoms with Crippen LogP contribution >= 0.6 is 23.5 Å². The SMILES string of the molecule is Cc1cc(C)n2nc(SC[C@@H]3CSc4nnc(-c5cccnc5)n43)nc2n1. The molecule has 4 aromatic rings. The average Bonchev–Trinajstić information content (AvgIpc) is 3.35. The van der Waals surface area contributed by atoms with Crippen molar-refractivity contribution in [2.24, 2.45) is 0 Å². The lowest BCUT2D eigenvalue weighted by Crippen LogP contribution is -2.11. The van der Waals surface area contributed by atoms with Gasteiger partial charge in [0, 0.05) is 40.9 Å². The first-order valence-electron chi connectivity index (χ1n) is 8.51. The number of pyridine rings is 1. The summed E-state index contributed by atoms with van der Waals surface area (Å²) in [5.41, 5.74) is 2.97. The largest absolute Gasteiger partial charge is 0.297 e. The molecule has 0 aromatic carbocycles. The van der Waals surface area contributed by atoms with Gasteiger partial charge in [-0.05, 0) is 32.0 Å². The molecule has 5 rings (SSSR count). The maximum Gasteiger partial charge on any atom is 0.253 e. The first-order chi connectivity index (χ1) is 13.2. The summed E-state index contributed by atoms with van der Waals surface area (Å²) in [6.45, 7) is 3.99. The second-order valence-corrected chi connectivity index (χ2v) is 8.31. The molecule has 0 saturated heterocycles. The summed E-state index contributed by atoms with van der Waals surface area (Å²) >= 11 is 3.37. The Morgan fingerprint density at radius 3 is 3.04 bits per heavy atom. The van der Waals surface area contributed by atoms with Gasteiger partial charge in [0.05, 0.1) is 6.04 Å². The van der Waals surface area contributed by atoms with Crippen molar-refractivity contribution in [1.29, 1.82) is 0 Å². The molecule has 1 aliphatic heterocycles. The van der Waals surface area contributed by atoms with Crippen LogP contribution in [0.2, 0.25) is 0 Å². The van der Waals surface area contributed by atoms with Gasteiger partial charge in [0.25, 0.3) is 5.78 Å². The van der Waals surface area contributed by atoms with E-state index in [0.29, 0.717) is 5.78 Å². The molecule has 1 atom stereocenters. The molecular formula is C17H16N8S2. The number of hydrogen-bond acceptors (Lipinski definition) is 8. The number of hydrogen-bond donors (Lipinski definition) is 0. The minimum absolute atomic E-state index is 0.280. The summed E-state index contributed by atoms with van der Waals surface area (Å²) in [5.74, 6) is 3.33. The summed E-state index contributed by atoms with van der Waals surface area (Å²) in [4.78, 5) is 13.2. The van der Waals surface area contributed by atoms with Gasteiger partial charge in [-0.3, -0.25) is 9.55 Å². The van der Waals surface area contributed by atoms with Crippen molar-refractivity contribution < 1.29 is 0 Å². The lowest BCUT2D eigenvalue weighted by atomic mass is 10.2. The second-order valence-electron chi connectivity index (χ2n) is 6.34. The van der Waals surface area contributed by atoms with Crippen molar-refractivity contribution in [1.82, 2.24) is 39.3 Å². The molecule has 4 aromatic heterocycles. The summed E-state index contributed by atoms with van der Waals surface area (Å²) in [7, 11) is 0. The van der Waals surface area contributed by atoms with Gasteiger partial charge in [-0.15, -0.1) is 15.3 Å². The molecule has 5 heterocycles. The van der Waals surface area contributed by atoms with Gasteiger partial charge in [0.15, 0.2) is 11.0 Å². The topological polar surface area (TPSA) is 86.7 Å². The highest BCUT2D eigenvalue weighted by Crippen LogP contribution is 2.38. The van der Waals surface area contributed by atoms with Crippen LogP contribution in [-0.2, 0) is 0 Å². The maximum absolute atomic E-state index is 4.59. The van der Waals surface area contributed by atoms with Crippen molar-refractivity contribution in [3.8, 4) is 11.4 Å². The van der Waals surface area contributed by atoms with Crippen LogP contribution in [0.5, 0.6) is 0 Å². The number of rotatable bonds is 4. The van der Waals surface area contributed by atoms with Crippen LogP contribution in [0.4, 0.5) is 0 Å². The van der Waals surface area contributed by atoms with E-state index in [1.54, 1.807) is 34.2 Å². The van der Waals surface area contributed by atoms with Crippen LogP contribution in [0.25, 0.3) is 17.2 Å². The van der Waals surface area contributed by atoms with Gasteiger partial charge in [0.1, 0.15) is 0 Å². The van der Waals surface area contributed by atoms with E-state index >= 15 is 0 Å². The predicted molar refractivity (Wildman–Crippen MR) is 104 cm³/mol. The number of aromatic nitrogens is 8. The minimum atomic E-state index is 0.280. The van der Waals surface area contributed by atoms with E-state index in [1.165, 1.54) is 0 Å². The Kier molecular flexibility index (Phi) is 4.09. The van der Waals surface area contributed by atoms with Crippen LogP contribution in [0.15, 0.2) is 40.9 Å². The van der Waals surface area contributed by atoms with E-state index in [-0.39, 0.29) is 6.04 Å². The van der Waals surface area contributed by atoms with Crippen molar-refractivity contribution in [3.63, 3.8) is 0 Å². The van der Waals surface area contributed by atoms with Crippen LogP contribution in [0, 0.1) is 13.8 Å². The first kappa shape index (κ1) is 16.7. The Labute approximate surface area is 163 Å². The molecule has 8 nitrogen and oxygen atoms in total. The molecule has 0 saturated carbocycles. The molecule has 10 heteroatoms. The molecule has 1 aliphatic rings. The van der Waals surface area contributed by atoms with Crippen molar-refractivity contribution in [2.45, 2.75) is 30.2 Å². The Balaban J connectivity index is 1.40. The van der Waals surface area contributed by atoms with Crippen LogP contribution < -0.4 is 0 Å². The van der Waals surface area contributed by atoms with Crippen molar-refractivity contribution in [3.05, 3.63) is 42.0 Å². The molecule has 0 amide bonds. The first-order valence-corrected chi connectivity index (χ1v) is 10.5.